The van der Waals surface area contributed by atoms with Crippen molar-refractivity contribution in [2.24, 2.45) is 0 Å². The fraction of sp³-hybridized carbons (Fsp3) is 0. The van der Waals surface area contributed by atoms with Gasteiger partial charge in [0.05, 0.1) is 7.82 Å². The molecule has 0 spiro atoms. The van der Waals surface area contributed by atoms with Crippen LogP contribution in [-0.2, 0) is 24.0 Å². The largest absolute Gasteiger partial charge is 2.00 e. The third-order valence-corrected chi connectivity index (χ3v) is 0. The Kier molecular flexibility index (Phi) is 26.1. The molecule has 0 aliphatic carbocycles. The molecule has 0 saturated carbocycles. The van der Waals surface area contributed by atoms with Crippen molar-refractivity contribution < 1.29 is 94.8 Å². The van der Waals surface area contributed by atoms with Gasteiger partial charge < -0.3 is 23.9 Å². The Bertz CT molecular complexity index is 62.2. The van der Waals surface area contributed by atoms with Crippen LogP contribution in [0.4, 0.5) is 0 Å². The molecule has 0 aromatic heterocycles. The summed E-state index contributed by atoms with van der Waals surface area (Å²) in [5, 5.41) is 0. The fourth-order valence-corrected chi connectivity index (χ4v) is 0. The molecule has 40 valence electrons. The van der Waals surface area contributed by atoms with Crippen LogP contribution in [0.5, 0.6) is 0 Å². The molecule has 0 rings (SSSR count). The monoisotopic (exact) mass is 218 g/mol. The summed E-state index contributed by atoms with van der Waals surface area (Å²) in [6.07, 6.45) is 0. The molecule has 0 fully saturated rings. The maximum atomic E-state index is 8.66. The van der Waals surface area contributed by atoms with Gasteiger partial charge in [-0.25, -0.2) is 0 Å². The molecule has 0 heterocycles. The maximum Gasteiger partial charge on any atom is 2.00 e. The van der Waals surface area contributed by atoms with Crippen LogP contribution in [-0.4, -0.2) is 4.89 Å². The minimum Gasteiger partial charge on any atom is -1.00 e. The smallest absolute Gasteiger partial charge is 1.00 e. The predicted molar refractivity (Wildman–Crippen MR) is 9.83 cm³/mol. The summed E-state index contributed by atoms with van der Waals surface area (Å²) in [6.45, 7) is 0. The third kappa shape index (κ3) is 83.6. The van der Waals surface area contributed by atoms with Gasteiger partial charge in [0.2, 0.25) is 0 Å². The quantitative estimate of drug-likeness (QED) is 0.324. The van der Waals surface area contributed by atoms with Gasteiger partial charge in [-0.05, 0) is 0 Å². The normalized spacial score (nSPS) is 7.38. The van der Waals surface area contributed by atoms with Gasteiger partial charge >= 0.3 is 70.9 Å². The number of halogens is 1. The molecule has 0 aromatic rings. The van der Waals surface area contributed by atoms with E-state index in [1.807, 2.05) is 0 Å². The van der Waals surface area contributed by atoms with Crippen LogP contribution < -0.4 is 65.9 Å². The summed E-state index contributed by atoms with van der Waals surface area (Å²) in [4.78, 5) is 24.3. The van der Waals surface area contributed by atoms with Crippen molar-refractivity contribution in [1.82, 2.24) is 0 Å². The molecular weight excluding hydrogens is 218 g/mol. The van der Waals surface area contributed by atoms with E-state index in [9.17, 15) is 0 Å². The Labute approximate surface area is 101 Å². The van der Waals surface area contributed by atoms with Crippen LogP contribution in [0.2, 0.25) is 0 Å². The average molecular weight is 219 g/mol. The van der Waals surface area contributed by atoms with Gasteiger partial charge in [-0.2, -0.15) is 0 Å². The SMILES string of the molecule is O=P([O-])([O-])O.[F-].[K+].[Zn+2]. The first-order chi connectivity index (χ1) is 2.00. The zero-order valence-electron chi connectivity index (χ0n) is 4.20. The number of phosphoric acid groups is 1. The van der Waals surface area contributed by atoms with Gasteiger partial charge in [-0.1, -0.05) is 0 Å². The Hall–Kier alpha value is 2.30. The van der Waals surface area contributed by atoms with Crippen LogP contribution in [0, 0.1) is 0 Å². The summed E-state index contributed by atoms with van der Waals surface area (Å²) in [7, 11) is -5.14. The summed E-state index contributed by atoms with van der Waals surface area (Å²) in [5.41, 5.74) is 0. The van der Waals surface area contributed by atoms with Crippen molar-refractivity contribution in [2.45, 2.75) is 0 Å². The first kappa shape index (κ1) is 22.4. The van der Waals surface area contributed by atoms with Crippen molar-refractivity contribution >= 4 is 7.82 Å². The summed E-state index contributed by atoms with van der Waals surface area (Å²) in [5.74, 6) is 0. The number of hydrogen-bond acceptors (Lipinski definition) is 3. The van der Waals surface area contributed by atoms with Crippen molar-refractivity contribution in [3.05, 3.63) is 0 Å². The van der Waals surface area contributed by atoms with E-state index in [1.54, 1.807) is 0 Å². The summed E-state index contributed by atoms with van der Waals surface area (Å²) >= 11 is 0. The first-order valence-corrected chi connectivity index (χ1v) is 2.24. The molecule has 0 bridgehead atoms. The zero-order chi connectivity index (χ0) is 4.50. The molecule has 8 heavy (non-hydrogen) atoms. The molecule has 0 aliphatic heterocycles. The molecule has 0 atom stereocenters. The van der Waals surface area contributed by atoms with Gasteiger partial charge in [-0.3, -0.25) is 0 Å². The van der Waals surface area contributed by atoms with E-state index in [1.165, 1.54) is 0 Å². The van der Waals surface area contributed by atoms with E-state index in [4.69, 9.17) is 19.2 Å². The van der Waals surface area contributed by atoms with Gasteiger partial charge in [0.15, 0.2) is 0 Å². The van der Waals surface area contributed by atoms with Crippen molar-refractivity contribution in [3.63, 3.8) is 0 Å². The Balaban J connectivity index is -0.0000000267. The van der Waals surface area contributed by atoms with Crippen LogP contribution in [0.3, 0.4) is 0 Å². The number of rotatable bonds is 0. The maximum absolute atomic E-state index is 8.66. The second-order valence-electron chi connectivity index (χ2n) is 0.469. The molecule has 0 aromatic carbocycles. The van der Waals surface area contributed by atoms with Gasteiger partial charge in [-0.15, -0.1) is 0 Å². The minimum absolute atomic E-state index is 0. The van der Waals surface area contributed by atoms with E-state index in [-0.39, 0.29) is 75.6 Å². The Morgan fingerprint density at radius 3 is 1.38 bits per heavy atom. The molecular formula is HFKO4PZn. The van der Waals surface area contributed by atoms with Crippen LogP contribution >= 0.6 is 7.82 Å². The summed E-state index contributed by atoms with van der Waals surface area (Å²) in [6, 6.07) is 0. The minimum atomic E-state index is -5.14. The molecule has 0 radical (unpaired) electrons. The van der Waals surface area contributed by atoms with Crippen molar-refractivity contribution in [3.8, 4) is 0 Å². The molecule has 0 saturated heterocycles. The zero-order valence-corrected chi connectivity index (χ0v) is 11.2. The molecule has 0 aliphatic rings. The second-order valence-corrected chi connectivity index (χ2v) is 1.41. The van der Waals surface area contributed by atoms with E-state index in [2.05, 4.69) is 0 Å². The number of hydrogen-bond donors (Lipinski definition) is 1. The molecule has 8 heteroatoms. The Morgan fingerprint density at radius 1 is 1.38 bits per heavy atom. The van der Waals surface area contributed by atoms with E-state index in [0.29, 0.717) is 0 Å². The average Bonchev–Trinajstić information content (AvgIpc) is 0.722. The van der Waals surface area contributed by atoms with E-state index in [0.717, 1.165) is 0 Å². The van der Waals surface area contributed by atoms with Crippen LogP contribution in [0.15, 0.2) is 0 Å². The van der Waals surface area contributed by atoms with Crippen LogP contribution in [0.25, 0.3) is 0 Å². The van der Waals surface area contributed by atoms with Gasteiger partial charge in [0.25, 0.3) is 0 Å². The molecule has 0 amide bonds. The van der Waals surface area contributed by atoms with E-state index < -0.39 is 7.82 Å². The van der Waals surface area contributed by atoms with Crippen molar-refractivity contribution in [2.75, 3.05) is 0 Å². The second kappa shape index (κ2) is 9.30. The van der Waals surface area contributed by atoms with Crippen LogP contribution in [0.1, 0.15) is 0 Å². The van der Waals surface area contributed by atoms with Crippen molar-refractivity contribution in [1.29, 1.82) is 0 Å². The fourth-order valence-electron chi connectivity index (χ4n) is 0. The Morgan fingerprint density at radius 2 is 1.38 bits per heavy atom. The molecule has 0 unspecified atom stereocenters. The van der Waals surface area contributed by atoms with Gasteiger partial charge in [0.1, 0.15) is 0 Å². The topological polar surface area (TPSA) is 83.4 Å². The summed E-state index contributed by atoms with van der Waals surface area (Å²) < 4.78 is 8.66. The van der Waals surface area contributed by atoms with Gasteiger partial charge in [0, 0.05) is 0 Å². The predicted octanol–water partition coefficient (Wildman–Crippen LogP) is -8.19. The molecule has 1 N–H and O–H groups in total. The third-order valence-electron chi connectivity index (χ3n) is 0. The van der Waals surface area contributed by atoms with E-state index >= 15 is 0 Å². The standard InChI is InChI=1S/FH.K.H3O4P.Zn/c;;1-5(2,3)4;/h1H;;(H3,1,2,3,4);/q;+1;;+2/p-3. The molecule has 4 nitrogen and oxygen atoms in total. The first-order valence-electron chi connectivity index (χ1n) is 0.748.